The van der Waals surface area contributed by atoms with Gasteiger partial charge in [0.1, 0.15) is 0 Å². The lowest BCUT2D eigenvalue weighted by Gasteiger charge is -2.17. The van der Waals surface area contributed by atoms with E-state index >= 15 is 0 Å². The number of alkyl halides is 1. The Kier molecular flexibility index (Phi) is 3.84. The van der Waals surface area contributed by atoms with Gasteiger partial charge < -0.3 is 0 Å². The van der Waals surface area contributed by atoms with Gasteiger partial charge in [0.25, 0.3) is 0 Å². The summed E-state index contributed by atoms with van der Waals surface area (Å²) in [4.78, 5) is 0. The van der Waals surface area contributed by atoms with E-state index in [1.807, 2.05) is 6.07 Å². The van der Waals surface area contributed by atoms with E-state index in [9.17, 15) is 0 Å². The van der Waals surface area contributed by atoms with Crippen molar-refractivity contribution in [1.82, 2.24) is 0 Å². The first kappa shape index (κ1) is 11.5. The average molecular weight is 233 g/mol. The molecule has 0 fully saturated rings. The highest BCUT2D eigenvalue weighted by Crippen LogP contribution is 2.29. The zero-order valence-corrected chi connectivity index (χ0v) is 10.4. The van der Waals surface area contributed by atoms with Crippen LogP contribution in [0, 0.1) is 0 Å². The van der Waals surface area contributed by atoms with Crippen molar-refractivity contribution in [2.45, 2.75) is 31.6 Å². The molecule has 16 heavy (non-hydrogen) atoms. The molecular formula is C15H17Cl. The zero-order valence-electron chi connectivity index (χ0n) is 9.62. The van der Waals surface area contributed by atoms with E-state index < -0.39 is 0 Å². The predicted octanol–water partition coefficient (Wildman–Crippen LogP) is 4.81. The van der Waals surface area contributed by atoms with Gasteiger partial charge in [-0.1, -0.05) is 61.4 Å². The molecule has 0 aromatic heterocycles. The Bertz CT molecular complexity index is 401. The third-order valence-electron chi connectivity index (χ3n) is 2.86. The SMILES string of the molecule is CCCC1=CC(c2ccccc2)=CC(Cl)C1. The number of hydrogen-bond donors (Lipinski definition) is 0. The summed E-state index contributed by atoms with van der Waals surface area (Å²) in [6, 6.07) is 10.5. The van der Waals surface area contributed by atoms with Crippen LogP contribution < -0.4 is 0 Å². The van der Waals surface area contributed by atoms with Crippen LogP contribution in [0.5, 0.6) is 0 Å². The molecule has 1 aromatic carbocycles. The van der Waals surface area contributed by atoms with Crippen molar-refractivity contribution in [3.8, 4) is 0 Å². The molecule has 1 aromatic rings. The van der Waals surface area contributed by atoms with Crippen LogP contribution in [0.15, 0.2) is 48.1 Å². The van der Waals surface area contributed by atoms with Crippen molar-refractivity contribution in [2.75, 3.05) is 0 Å². The first-order valence-electron chi connectivity index (χ1n) is 5.90. The summed E-state index contributed by atoms with van der Waals surface area (Å²) in [5.74, 6) is 0. The molecular weight excluding hydrogens is 216 g/mol. The third-order valence-corrected chi connectivity index (χ3v) is 3.14. The number of hydrogen-bond acceptors (Lipinski definition) is 0. The van der Waals surface area contributed by atoms with Crippen LogP contribution in [0.25, 0.3) is 5.57 Å². The van der Waals surface area contributed by atoms with Crippen LogP contribution in [0.3, 0.4) is 0 Å². The summed E-state index contributed by atoms with van der Waals surface area (Å²) in [7, 11) is 0. The Hall–Kier alpha value is -1.01. The largest absolute Gasteiger partial charge is 0.118 e. The second kappa shape index (κ2) is 5.36. The Labute approximate surface area is 103 Å². The molecule has 0 saturated heterocycles. The van der Waals surface area contributed by atoms with Gasteiger partial charge >= 0.3 is 0 Å². The fraction of sp³-hybridized carbons (Fsp3) is 0.333. The topological polar surface area (TPSA) is 0 Å². The molecule has 0 saturated carbocycles. The lowest BCUT2D eigenvalue weighted by molar-refractivity contribution is 0.826. The van der Waals surface area contributed by atoms with Gasteiger partial charge in [0.05, 0.1) is 5.38 Å². The molecule has 0 heterocycles. The van der Waals surface area contributed by atoms with E-state index in [0.717, 1.165) is 12.8 Å². The summed E-state index contributed by atoms with van der Waals surface area (Å²) in [5.41, 5.74) is 4.01. The minimum absolute atomic E-state index is 0.154. The minimum atomic E-state index is 0.154. The molecule has 0 spiro atoms. The summed E-state index contributed by atoms with van der Waals surface area (Å²) in [6.07, 6.45) is 7.82. The molecule has 0 radical (unpaired) electrons. The molecule has 1 aliphatic rings. The van der Waals surface area contributed by atoms with E-state index in [1.165, 1.54) is 23.1 Å². The van der Waals surface area contributed by atoms with Gasteiger partial charge in [0.15, 0.2) is 0 Å². The van der Waals surface area contributed by atoms with Crippen molar-refractivity contribution < 1.29 is 0 Å². The number of halogens is 1. The maximum absolute atomic E-state index is 6.27. The van der Waals surface area contributed by atoms with Crippen molar-refractivity contribution in [3.05, 3.63) is 53.6 Å². The molecule has 0 amide bonds. The Morgan fingerprint density at radius 2 is 2.00 bits per heavy atom. The van der Waals surface area contributed by atoms with E-state index in [-0.39, 0.29) is 5.38 Å². The van der Waals surface area contributed by atoms with Crippen LogP contribution in [-0.2, 0) is 0 Å². The normalized spacial score (nSPS) is 20.2. The lowest BCUT2D eigenvalue weighted by atomic mass is 9.92. The predicted molar refractivity (Wildman–Crippen MR) is 71.7 cm³/mol. The highest BCUT2D eigenvalue weighted by molar-refractivity contribution is 6.22. The average Bonchev–Trinajstić information content (AvgIpc) is 2.30. The van der Waals surface area contributed by atoms with E-state index in [1.54, 1.807) is 0 Å². The number of rotatable bonds is 3. The molecule has 1 aliphatic carbocycles. The van der Waals surface area contributed by atoms with Gasteiger partial charge in [-0.2, -0.15) is 0 Å². The number of allylic oxidation sites excluding steroid dienone is 4. The first-order valence-corrected chi connectivity index (χ1v) is 6.34. The summed E-state index contributed by atoms with van der Waals surface area (Å²) >= 11 is 6.27. The van der Waals surface area contributed by atoms with Crippen LogP contribution in [-0.4, -0.2) is 5.38 Å². The highest BCUT2D eigenvalue weighted by atomic mass is 35.5. The molecule has 0 nitrogen and oxygen atoms in total. The fourth-order valence-corrected chi connectivity index (χ4v) is 2.47. The van der Waals surface area contributed by atoms with Crippen molar-refractivity contribution in [2.24, 2.45) is 0 Å². The van der Waals surface area contributed by atoms with E-state index in [0.29, 0.717) is 0 Å². The monoisotopic (exact) mass is 232 g/mol. The zero-order chi connectivity index (χ0) is 11.4. The Morgan fingerprint density at radius 1 is 1.25 bits per heavy atom. The van der Waals surface area contributed by atoms with Crippen molar-refractivity contribution in [3.63, 3.8) is 0 Å². The molecule has 0 bridgehead atoms. The molecule has 1 heteroatoms. The van der Waals surface area contributed by atoms with Gasteiger partial charge in [0, 0.05) is 0 Å². The van der Waals surface area contributed by atoms with Crippen LogP contribution in [0.2, 0.25) is 0 Å². The second-order valence-electron chi connectivity index (χ2n) is 4.26. The second-order valence-corrected chi connectivity index (χ2v) is 4.82. The van der Waals surface area contributed by atoms with Gasteiger partial charge in [-0.25, -0.2) is 0 Å². The van der Waals surface area contributed by atoms with Crippen molar-refractivity contribution >= 4 is 17.2 Å². The van der Waals surface area contributed by atoms with E-state index in [4.69, 9.17) is 11.6 Å². The highest BCUT2D eigenvalue weighted by Gasteiger charge is 2.13. The van der Waals surface area contributed by atoms with Gasteiger partial charge in [-0.3, -0.25) is 0 Å². The summed E-state index contributed by atoms with van der Waals surface area (Å²) in [5, 5.41) is 0.154. The third kappa shape index (κ3) is 2.76. The fourth-order valence-electron chi connectivity index (χ4n) is 2.14. The van der Waals surface area contributed by atoms with Gasteiger partial charge in [-0.15, -0.1) is 11.6 Å². The standard InChI is InChI=1S/C15H17Cl/c1-2-6-12-9-14(11-15(16)10-12)13-7-4-3-5-8-13/h3-5,7-9,11,15H,2,6,10H2,1H3. The molecule has 0 N–H and O–H groups in total. The van der Waals surface area contributed by atoms with Crippen LogP contribution in [0.1, 0.15) is 31.7 Å². The number of benzene rings is 1. The quantitative estimate of drug-likeness (QED) is 0.657. The van der Waals surface area contributed by atoms with E-state index in [2.05, 4.69) is 43.3 Å². The molecule has 1 unspecified atom stereocenters. The smallest absolute Gasteiger partial charge is 0.0562 e. The van der Waals surface area contributed by atoms with Crippen LogP contribution in [0.4, 0.5) is 0 Å². The molecule has 2 rings (SSSR count). The maximum atomic E-state index is 6.27. The maximum Gasteiger partial charge on any atom is 0.0562 e. The molecule has 84 valence electrons. The minimum Gasteiger partial charge on any atom is -0.118 e. The molecule has 1 atom stereocenters. The Balaban J connectivity index is 2.27. The summed E-state index contributed by atoms with van der Waals surface area (Å²) in [6.45, 7) is 2.21. The summed E-state index contributed by atoms with van der Waals surface area (Å²) < 4.78 is 0. The Morgan fingerprint density at radius 3 is 2.69 bits per heavy atom. The first-order chi connectivity index (χ1) is 7.79. The van der Waals surface area contributed by atoms with Crippen molar-refractivity contribution in [1.29, 1.82) is 0 Å². The van der Waals surface area contributed by atoms with Gasteiger partial charge in [0.2, 0.25) is 0 Å². The lowest BCUT2D eigenvalue weighted by Crippen LogP contribution is -2.03. The molecule has 0 aliphatic heterocycles. The van der Waals surface area contributed by atoms with Crippen LogP contribution >= 0.6 is 11.6 Å². The van der Waals surface area contributed by atoms with Gasteiger partial charge in [-0.05, 0) is 24.0 Å².